The highest BCUT2D eigenvalue weighted by Gasteiger charge is 2.38. The van der Waals surface area contributed by atoms with Gasteiger partial charge in [-0.2, -0.15) is 0 Å². The van der Waals surface area contributed by atoms with Crippen LogP contribution in [0.1, 0.15) is 64.6 Å². The van der Waals surface area contributed by atoms with E-state index < -0.39 is 23.3 Å². The van der Waals surface area contributed by atoms with Crippen LogP contribution in [0.3, 0.4) is 0 Å². The first-order valence-corrected chi connectivity index (χ1v) is 12.2. The maximum absolute atomic E-state index is 13.6. The zero-order valence-electron chi connectivity index (χ0n) is 22.0. The third-order valence-electron chi connectivity index (χ3n) is 6.22. The normalized spacial score (nSPS) is 14.0. The van der Waals surface area contributed by atoms with E-state index in [0.717, 1.165) is 29.4 Å². The minimum atomic E-state index is -0.813. The van der Waals surface area contributed by atoms with Crippen LogP contribution in [0.25, 0.3) is 11.1 Å². The van der Waals surface area contributed by atoms with Crippen LogP contribution in [0.4, 0.5) is 0 Å². The monoisotopic (exact) mass is 497 g/mol. The molecule has 2 aromatic carbocycles. The van der Waals surface area contributed by atoms with Crippen molar-refractivity contribution in [3.05, 3.63) is 59.7 Å². The fourth-order valence-electron chi connectivity index (χ4n) is 4.59. The number of nitrogens with one attached hydrogen (secondary N) is 3. The average molecular weight is 498 g/mol. The molecule has 36 heavy (non-hydrogen) atoms. The van der Waals surface area contributed by atoms with Crippen molar-refractivity contribution in [3.8, 4) is 11.1 Å². The molecule has 2 aromatic rings. The Balaban J connectivity index is 0.00000222. The van der Waals surface area contributed by atoms with Gasteiger partial charge in [-0.1, -0.05) is 83.1 Å². The van der Waals surface area contributed by atoms with Gasteiger partial charge in [-0.15, -0.1) is 0 Å². The maximum Gasteiger partial charge on any atom is 0.244 e. The van der Waals surface area contributed by atoms with Crippen LogP contribution in [-0.4, -0.2) is 41.2 Å². The molecular weight excluding hydrogens is 458 g/mol. The van der Waals surface area contributed by atoms with E-state index in [1.165, 1.54) is 0 Å². The van der Waals surface area contributed by atoms with Crippen molar-refractivity contribution in [2.75, 3.05) is 7.11 Å². The molecule has 0 radical (unpaired) electrons. The summed E-state index contributed by atoms with van der Waals surface area (Å²) in [6, 6.07) is 14.9. The third-order valence-corrected chi connectivity index (χ3v) is 6.22. The molecule has 1 aliphatic carbocycles. The predicted octanol–water partition coefficient (Wildman–Crippen LogP) is 3.57. The van der Waals surface area contributed by atoms with E-state index in [2.05, 4.69) is 10.6 Å². The van der Waals surface area contributed by atoms with Crippen LogP contribution in [-0.2, 0) is 14.4 Å². The van der Waals surface area contributed by atoms with Gasteiger partial charge in [0.25, 0.3) is 0 Å². The zero-order chi connectivity index (χ0) is 27.0. The van der Waals surface area contributed by atoms with Crippen molar-refractivity contribution in [2.24, 2.45) is 17.3 Å². The number of rotatable bonds is 8. The molecule has 8 nitrogen and oxygen atoms in total. The van der Waals surface area contributed by atoms with Crippen LogP contribution in [0.2, 0.25) is 0 Å². The first-order chi connectivity index (χ1) is 17.0. The van der Waals surface area contributed by atoms with Gasteiger partial charge in [-0.25, -0.2) is 5.48 Å². The van der Waals surface area contributed by atoms with E-state index in [-0.39, 0.29) is 30.2 Å². The van der Waals surface area contributed by atoms with Gasteiger partial charge in [0.1, 0.15) is 6.04 Å². The Kier molecular flexibility index (Phi) is 10.2. The minimum absolute atomic E-state index is 0.150. The van der Waals surface area contributed by atoms with Crippen LogP contribution in [0, 0.1) is 17.3 Å². The van der Waals surface area contributed by atoms with Gasteiger partial charge in [0, 0.05) is 19.4 Å². The lowest BCUT2D eigenvalue weighted by molar-refractivity contribution is -0.137. The summed E-state index contributed by atoms with van der Waals surface area (Å²) < 4.78 is 0. The number of aliphatic hydroxyl groups excluding tert-OH is 1. The Labute approximate surface area is 213 Å². The zero-order valence-corrected chi connectivity index (χ0v) is 22.0. The Morgan fingerprint density at radius 1 is 0.889 bits per heavy atom. The van der Waals surface area contributed by atoms with Crippen LogP contribution in [0.15, 0.2) is 48.5 Å². The average Bonchev–Trinajstić information content (AvgIpc) is 3.15. The second-order valence-electron chi connectivity index (χ2n) is 10.5. The first-order valence-electron chi connectivity index (χ1n) is 12.2. The number of carbonyl (C=O) groups is 3. The van der Waals surface area contributed by atoms with Gasteiger partial charge in [-0.3, -0.25) is 19.6 Å². The standard InChI is InChI=1S/C27H35N3O4.CH4O/c1-16(2)14-17(15-22(31)30-34)25(32)29-24(27(3,4)5)26(33)28-23-20-12-8-6-10-18(20)19-11-7-9-13-21(19)23;1-2/h6-13,16-17,23-24,34H,14-15H2,1-5H3,(H,28,33)(H,29,32)(H,30,31);2H,1H3/t17-,24-;/m1./s1. The Morgan fingerprint density at radius 2 is 1.39 bits per heavy atom. The highest BCUT2D eigenvalue weighted by atomic mass is 16.5. The lowest BCUT2D eigenvalue weighted by Gasteiger charge is -2.33. The van der Waals surface area contributed by atoms with Crippen LogP contribution < -0.4 is 16.1 Å². The number of benzene rings is 2. The van der Waals surface area contributed by atoms with E-state index in [9.17, 15) is 14.4 Å². The summed E-state index contributed by atoms with van der Waals surface area (Å²) in [5, 5.41) is 22.0. The first kappa shape index (κ1) is 29.0. The van der Waals surface area contributed by atoms with Crippen molar-refractivity contribution < 1.29 is 24.7 Å². The van der Waals surface area contributed by atoms with Crippen LogP contribution >= 0.6 is 0 Å². The highest BCUT2D eigenvalue weighted by molar-refractivity contribution is 5.92. The minimum Gasteiger partial charge on any atom is -0.400 e. The number of aliphatic hydroxyl groups is 1. The molecule has 5 N–H and O–H groups in total. The summed E-state index contributed by atoms with van der Waals surface area (Å²) >= 11 is 0. The summed E-state index contributed by atoms with van der Waals surface area (Å²) in [6.07, 6.45) is 0.309. The van der Waals surface area contributed by atoms with E-state index in [0.29, 0.717) is 6.42 Å². The number of amides is 3. The molecule has 0 unspecified atom stereocenters. The molecule has 8 heteroatoms. The predicted molar refractivity (Wildman–Crippen MR) is 139 cm³/mol. The summed E-state index contributed by atoms with van der Waals surface area (Å²) in [5.74, 6) is -1.78. The topological polar surface area (TPSA) is 128 Å². The molecule has 0 spiro atoms. The van der Waals surface area contributed by atoms with Crippen molar-refractivity contribution in [1.82, 2.24) is 16.1 Å². The van der Waals surface area contributed by atoms with Crippen molar-refractivity contribution in [1.29, 1.82) is 0 Å². The molecule has 0 aromatic heterocycles. The summed E-state index contributed by atoms with van der Waals surface area (Å²) in [6.45, 7) is 9.60. The number of carbonyl (C=O) groups excluding carboxylic acids is 3. The lowest BCUT2D eigenvalue weighted by atomic mass is 9.84. The fourth-order valence-corrected chi connectivity index (χ4v) is 4.59. The lowest BCUT2D eigenvalue weighted by Crippen LogP contribution is -2.55. The van der Waals surface area contributed by atoms with Crippen LogP contribution in [0.5, 0.6) is 0 Å². The highest BCUT2D eigenvalue weighted by Crippen LogP contribution is 2.43. The van der Waals surface area contributed by atoms with Crippen molar-refractivity contribution in [3.63, 3.8) is 0 Å². The largest absolute Gasteiger partial charge is 0.400 e. The second kappa shape index (κ2) is 12.6. The molecular formula is C28H39N3O5. The number of hydrogen-bond acceptors (Lipinski definition) is 5. The van der Waals surface area contributed by atoms with Gasteiger partial charge in [0.15, 0.2) is 0 Å². The molecule has 3 rings (SSSR count). The molecule has 0 heterocycles. The van der Waals surface area contributed by atoms with Crippen molar-refractivity contribution in [2.45, 2.75) is 59.5 Å². The Morgan fingerprint density at radius 3 is 1.83 bits per heavy atom. The molecule has 1 aliphatic rings. The van der Waals surface area contributed by atoms with Gasteiger partial charge in [0.2, 0.25) is 17.7 Å². The molecule has 0 saturated carbocycles. The molecule has 0 bridgehead atoms. The Bertz CT molecular complexity index is 1020. The van der Waals surface area contributed by atoms with Gasteiger partial charge < -0.3 is 15.7 Å². The number of hydrogen-bond donors (Lipinski definition) is 5. The Hall–Kier alpha value is -3.23. The second-order valence-corrected chi connectivity index (χ2v) is 10.5. The molecule has 0 saturated heterocycles. The molecule has 196 valence electrons. The van der Waals surface area contributed by atoms with E-state index in [1.54, 1.807) is 5.48 Å². The van der Waals surface area contributed by atoms with Gasteiger partial charge in [0.05, 0.1) is 6.04 Å². The summed E-state index contributed by atoms with van der Waals surface area (Å²) in [5.41, 5.74) is 5.25. The van der Waals surface area contributed by atoms with Gasteiger partial charge >= 0.3 is 0 Å². The maximum atomic E-state index is 13.6. The summed E-state index contributed by atoms with van der Waals surface area (Å²) in [4.78, 5) is 38.5. The van der Waals surface area contributed by atoms with E-state index >= 15 is 0 Å². The summed E-state index contributed by atoms with van der Waals surface area (Å²) in [7, 11) is 1.00. The fraction of sp³-hybridized carbons (Fsp3) is 0.464. The smallest absolute Gasteiger partial charge is 0.244 e. The molecule has 0 aliphatic heterocycles. The van der Waals surface area contributed by atoms with E-state index in [1.807, 2.05) is 83.1 Å². The molecule has 2 atom stereocenters. The number of hydroxylamine groups is 1. The van der Waals surface area contributed by atoms with E-state index in [4.69, 9.17) is 10.3 Å². The number of fused-ring (bicyclic) bond motifs is 3. The molecule has 0 fully saturated rings. The quantitative estimate of drug-likeness (QED) is 0.281. The van der Waals surface area contributed by atoms with Gasteiger partial charge in [-0.05, 0) is 40.0 Å². The van der Waals surface area contributed by atoms with Crippen molar-refractivity contribution >= 4 is 17.7 Å². The third kappa shape index (κ3) is 6.92. The molecule has 3 amide bonds. The SMILES string of the molecule is CC(C)C[C@H](CC(=O)NO)C(=O)N[C@H](C(=O)NC1c2ccccc2-c2ccccc21)C(C)(C)C.CO.